The topological polar surface area (TPSA) is 0 Å². The zero-order valence-electron chi connectivity index (χ0n) is 5.82. The first-order valence-electron chi connectivity index (χ1n) is 2.57. The Morgan fingerprint density at radius 2 is 1.62 bits per heavy atom. The molecule has 0 aromatic heterocycles. The summed E-state index contributed by atoms with van der Waals surface area (Å²) in [5, 5.41) is 0. The number of rotatable bonds is 2. The highest BCUT2D eigenvalue weighted by atomic mass is 35.5. The molecule has 0 aromatic rings. The van der Waals surface area contributed by atoms with Gasteiger partial charge in [-0.15, -0.1) is 9.24 Å². The molecule has 0 saturated heterocycles. The van der Waals surface area contributed by atoms with E-state index in [1.165, 1.54) is 12.7 Å². The van der Waals surface area contributed by atoms with Crippen LogP contribution < -0.4 is 12.4 Å². The van der Waals surface area contributed by atoms with Gasteiger partial charge in [0.05, 0.1) is 27.7 Å². The quantitative estimate of drug-likeness (QED) is 0.308. The lowest BCUT2D eigenvalue weighted by molar-refractivity contribution is -0.867. The van der Waals surface area contributed by atoms with Crippen molar-refractivity contribution in [1.29, 1.82) is 0 Å². The Bertz CT molecular complexity index is 50.9. The summed E-state index contributed by atoms with van der Waals surface area (Å²) in [7, 11) is 9.32. The first kappa shape index (κ1) is 11.5. The summed E-state index contributed by atoms with van der Waals surface area (Å²) < 4.78 is 1.07. The van der Waals surface area contributed by atoms with E-state index >= 15 is 0 Å². The zero-order chi connectivity index (χ0) is 5.91. The summed E-state index contributed by atoms with van der Waals surface area (Å²) in [6.07, 6.45) is 1.20. The first-order chi connectivity index (χ1) is 3.06. The van der Waals surface area contributed by atoms with Crippen molar-refractivity contribution in [1.82, 2.24) is 0 Å². The van der Waals surface area contributed by atoms with Crippen molar-refractivity contribution in [3.63, 3.8) is 0 Å². The van der Waals surface area contributed by atoms with Crippen molar-refractivity contribution in [2.75, 3.05) is 33.8 Å². The van der Waals surface area contributed by atoms with Crippen LogP contribution in [0.1, 0.15) is 0 Å². The van der Waals surface area contributed by atoms with Gasteiger partial charge in [-0.2, -0.15) is 0 Å². The van der Waals surface area contributed by atoms with Crippen molar-refractivity contribution in [2.45, 2.75) is 0 Å². The molecule has 52 valence electrons. The van der Waals surface area contributed by atoms with Crippen molar-refractivity contribution < 1.29 is 16.9 Å². The first-order valence-corrected chi connectivity index (χ1v) is 3.38. The summed E-state index contributed by atoms with van der Waals surface area (Å²) in [5.74, 6) is 0. The summed E-state index contributed by atoms with van der Waals surface area (Å²) in [4.78, 5) is 0. The Morgan fingerprint density at radius 1 is 1.25 bits per heavy atom. The summed E-state index contributed by atoms with van der Waals surface area (Å²) in [6, 6.07) is 0. The predicted octanol–water partition coefficient (Wildman–Crippen LogP) is -2.43. The maximum absolute atomic E-state index is 2.73. The van der Waals surface area contributed by atoms with Crippen molar-refractivity contribution in [2.24, 2.45) is 0 Å². The Morgan fingerprint density at radius 3 is 1.62 bits per heavy atom. The molecule has 0 rings (SSSR count). The molecule has 3 heteroatoms. The maximum atomic E-state index is 2.73. The minimum Gasteiger partial charge on any atom is -1.00 e. The number of hydrogen-bond donors (Lipinski definition) is 0. The average molecular weight is 156 g/mol. The lowest BCUT2D eigenvalue weighted by Crippen LogP contribution is -3.00. The minimum absolute atomic E-state index is 0. The SMILES string of the molecule is C[N+](C)(C)CCP.[Cl-]. The third-order valence-electron chi connectivity index (χ3n) is 0.800. The molecule has 8 heavy (non-hydrogen) atoms. The third kappa shape index (κ3) is 9.84. The monoisotopic (exact) mass is 155 g/mol. The Balaban J connectivity index is 0. The fourth-order valence-corrected chi connectivity index (χ4v) is 1.16. The average Bonchev–Trinajstić information content (AvgIpc) is 1.30. The van der Waals surface area contributed by atoms with Crippen LogP contribution in [0.4, 0.5) is 0 Å². The van der Waals surface area contributed by atoms with Gasteiger partial charge in [-0.25, -0.2) is 0 Å². The van der Waals surface area contributed by atoms with Gasteiger partial charge < -0.3 is 16.9 Å². The van der Waals surface area contributed by atoms with Crippen molar-refractivity contribution in [3.05, 3.63) is 0 Å². The van der Waals surface area contributed by atoms with Gasteiger partial charge in [-0.3, -0.25) is 0 Å². The second-order valence-electron chi connectivity index (χ2n) is 2.80. The van der Waals surface area contributed by atoms with Gasteiger partial charge in [0.25, 0.3) is 0 Å². The predicted molar refractivity (Wildman–Crippen MR) is 37.5 cm³/mol. The number of hydrogen-bond acceptors (Lipinski definition) is 0. The highest BCUT2D eigenvalue weighted by Crippen LogP contribution is 1.90. The molecule has 1 unspecified atom stereocenters. The van der Waals surface area contributed by atoms with E-state index in [2.05, 4.69) is 30.4 Å². The number of nitrogens with zero attached hydrogens (tertiary/aromatic N) is 1. The molecule has 0 radical (unpaired) electrons. The van der Waals surface area contributed by atoms with Crippen LogP contribution in [0.3, 0.4) is 0 Å². The molecule has 0 aromatic carbocycles. The van der Waals surface area contributed by atoms with Gasteiger partial charge >= 0.3 is 0 Å². The van der Waals surface area contributed by atoms with E-state index in [1.807, 2.05) is 0 Å². The third-order valence-corrected chi connectivity index (χ3v) is 1.06. The molecule has 0 heterocycles. The summed E-state index contributed by atoms with van der Waals surface area (Å²) >= 11 is 0. The van der Waals surface area contributed by atoms with Crippen molar-refractivity contribution in [3.8, 4) is 0 Å². The maximum Gasteiger partial charge on any atom is 0.0815 e. The van der Waals surface area contributed by atoms with E-state index in [1.54, 1.807) is 0 Å². The smallest absolute Gasteiger partial charge is 0.0815 e. The van der Waals surface area contributed by atoms with Gasteiger partial charge in [-0.1, -0.05) is 0 Å². The molecule has 0 fully saturated rings. The van der Waals surface area contributed by atoms with Gasteiger partial charge in [0, 0.05) is 6.16 Å². The molecule has 0 aliphatic rings. The molecule has 0 spiro atoms. The standard InChI is InChI=1S/C5H15NP.ClH/c1-6(2,3)4-5-7;/h4-5,7H2,1-3H3;1H/q+1;/p-1. The van der Waals surface area contributed by atoms with Crippen LogP contribution in [0.5, 0.6) is 0 Å². The van der Waals surface area contributed by atoms with Crippen LogP contribution in [0.25, 0.3) is 0 Å². The molecule has 1 atom stereocenters. The van der Waals surface area contributed by atoms with E-state index in [4.69, 9.17) is 0 Å². The second-order valence-corrected chi connectivity index (χ2v) is 3.38. The number of quaternary nitrogens is 1. The van der Waals surface area contributed by atoms with E-state index in [-0.39, 0.29) is 12.4 Å². The summed E-state index contributed by atoms with van der Waals surface area (Å²) in [5.41, 5.74) is 0. The summed E-state index contributed by atoms with van der Waals surface area (Å²) in [6.45, 7) is 1.24. The fourth-order valence-electron chi connectivity index (χ4n) is 0.387. The number of halogens is 1. The molecule has 0 bridgehead atoms. The van der Waals surface area contributed by atoms with E-state index < -0.39 is 0 Å². The molecule has 0 saturated carbocycles. The molecular formula is C5H15ClNP. The highest BCUT2D eigenvalue weighted by Gasteiger charge is 2.01. The zero-order valence-corrected chi connectivity index (χ0v) is 7.73. The Hall–Kier alpha value is 0.680. The lowest BCUT2D eigenvalue weighted by Gasteiger charge is -2.22. The molecule has 0 aliphatic carbocycles. The van der Waals surface area contributed by atoms with E-state index in [0.29, 0.717) is 0 Å². The molecular weight excluding hydrogens is 140 g/mol. The van der Waals surface area contributed by atoms with Crippen LogP contribution in [0.2, 0.25) is 0 Å². The van der Waals surface area contributed by atoms with Crippen LogP contribution in [0, 0.1) is 0 Å². The highest BCUT2D eigenvalue weighted by molar-refractivity contribution is 7.16. The van der Waals surface area contributed by atoms with Crippen LogP contribution in [0.15, 0.2) is 0 Å². The van der Waals surface area contributed by atoms with Crippen molar-refractivity contribution >= 4 is 9.24 Å². The Labute approximate surface area is 60.7 Å². The van der Waals surface area contributed by atoms with Gasteiger partial charge in [0.15, 0.2) is 0 Å². The van der Waals surface area contributed by atoms with Crippen LogP contribution in [-0.2, 0) is 0 Å². The molecule has 0 aliphatic heterocycles. The minimum atomic E-state index is 0. The lowest BCUT2D eigenvalue weighted by atomic mass is 10.6. The molecule has 0 N–H and O–H groups in total. The normalized spacial score (nSPS) is 10.5. The second kappa shape index (κ2) is 4.55. The van der Waals surface area contributed by atoms with E-state index in [9.17, 15) is 0 Å². The van der Waals surface area contributed by atoms with Crippen LogP contribution in [-0.4, -0.2) is 38.3 Å². The molecule has 0 amide bonds. The molecule has 1 nitrogen and oxygen atoms in total. The fraction of sp³-hybridized carbons (Fsp3) is 1.00. The van der Waals surface area contributed by atoms with E-state index in [0.717, 1.165) is 4.48 Å². The van der Waals surface area contributed by atoms with Crippen LogP contribution >= 0.6 is 9.24 Å². The van der Waals surface area contributed by atoms with Gasteiger partial charge in [-0.05, 0) is 0 Å². The Kier molecular flexibility index (Phi) is 6.52. The van der Waals surface area contributed by atoms with Gasteiger partial charge in [0.2, 0.25) is 0 Å². The largest absolute Gasteiger partial charge is 1.00 e. The van der Waals surface area contributed by atoms with Gasteiger partial charge in [0.1, 0.15) is 0 Å².